The second-order valence-corrected chi connectivity index (χ2v) is 8.58. The van der Waals surface area contributed by atoms with Crippen LogP contribution in [-0.2, 0) is 28.5 Å². The summed E-state index contributed by atoms with van der Waals surface area (Å²) in [4.78, 5) is 42.2. The molecule has 0 radical (unpaired) electrons. The molecule has 2 rings (SSSR count). The summed E-state index contributed by atoms with van der Waals surface area (Å²) in [5, 5.41) is 0. The second-order valence-electron chi connectivity index (χ2n) is 8.58. The Hall–Kier alpha value is -2.83. The van der Waals surface area contributed by atoms with Crippen LogP contribution in [0.3, 0.4) is 0 Å². The zero-order chi connectivity index (χ0) is 25.8. The Bertz CT molecular complexity index is 840. The molecule has 35 heavy (non-hydrogen) atoms. The lowest BCUT2D eigenvalue weighted by atomic mass is 9.88. The first-order chi connectivity index (χ1) is 16.8. The molecule has 0 aromatic heterocycles. The van der Waals surface area contributed by atoms with E-state index in [0.29, 0.717) is 32.4 Å². The molecule has 2 aliphatic rings. The molecule has 0 aromatic rings. The zero-order valence-electron chi connectivity index (χ0n) is 21.3. The molecule has 1 saturated heterocycles. The highest BCUT2D eigenvalue weighted by Gasteiger charge is 2.51. The molecule has 9 nitrogen and oxygen atoms in total. The summed E-state index contributed by atoms with van der Waals surface area (Å²) in [7, 11) is 1.79. The lowest BCUT2D eigenvalue weighted by molar-refractivity contribution is -0.194. The van der Waals surface area contributed by atoms with E-state index in [9.17, 15) is 14.4 Å². The third-order valence-corrected chi connectivity index (χ3v) is 5.89. The first-order valence-electron chi connectivity index (χ1n) is 12.2. The molecule has 0 aromatic carbocycles. The molecule has 9 heteroatoms. The molecule has 2 amide bonds. The number of rotatable bonds is 13. The number of hydrogen-bond acceptors (Lipinski definition) is 7. The monoisotopic (exact) mass is 490 g/mol. The number of carbonyl (C=O) groups is 3. The molecule has 1 heterocycles. The highest BCUT2D eigenvalue weighted by atomic mass is 16.6. The van der Waals surface area contributed by atoms with Gasteiger partial charge in [0.2, 0.25) is 0 Å². The average Bonchev–Trinajstić information content (AvgIpc) is 2.84. The van der Waals surface area contributed by atoms with Crippen LogP contribution >= 0.6 is 0 Å². The fraction of sp³-hybridized carbons (Fsp3) is 0.654. The number of urea groups is 1. The minimum absolute atomic E-state index is 0.0145. The van der Waals surface area contributed by atoms with Crippen molar-refractivity contribution in [2.24, 2.45) is 0 Å². The molecule has 0 saturated carbocycles. The van der Waals surface area contributed by atoms with Crippen molar-refractivity contribution in [3.63, 3.8) is 0 Å². The van der Waals surface area contributed by atoms with E-state index in [1.54, 1.807) is 37.6 Å². The molecular weight excluding hydrogens is 452 g/mol. The molecule has 0 bridgehead atoms. The normalized spacial score (nSPS) is 17.3. The van der Waals surface area contributed by atoms with E-state index in [2.05, 4.69) is 5.92 Å². The maximum absolute atomic E-state index is 13.1. The molecule has 1 unspecified atom stereocenters. The van der Waals surface area contributed by atoms with E-state index in [-0.39, 0.29) is 32.3 Å². The number of amides is 2. The van der Waals surface area contributed by atoms with Crippen molar-refractivity contribution in [1.29, 1.82) is 0 Å². The number of allylic oxidation sites excluding steroid dienone is 3. The Balaban J connectivity index is 2.26. The predicted molar refractivity (Wildman–Crippen MR) is 130 cm³/mol. The van der Waals surface area contributed by atoms with Gasteiger partial charge in [0.15, 0.2) is 0 Å². The molecule has 194 valence electrons. The number of nitrogens with zero attached hydrogens (tertiary/aromatic N) is 2. The first-order valence-corrected chi connectivity index (χ1v) is 12.2. The smallest absolute Gasteiger partial charge is 0.350 e. The maximum Gasteiger partial charge on any atom is 0.350 e. The Morgan fingerprint density at radius 3 is 2.40 bits per heavy atom. The number of ether oxygens (including phenoxy) is 4. The fourth-order valence-corrected chi connectivity index (χ4v) is 4.01. The predicted octanol–water partition coefficient (Wildman–Crippen LogP) is 3.05. The zero-order valence-corrected chi connectivity index (χ0v) is 21.3. The van der Waals surface area contributed by atoms with Crippen molar-refractivity contribution < 1.29 is 33.3 Å². The Kier molecular flexibility index (Phi) is 11.3. The Labute approximate surface area is 208 Å². The number of esters is 2. The van der Waals surface area contributed by atoms with Crippen molar-refractivity contribution in [3.8, 4) is 12.3 Å². The van der Waals surface area contributed by atoms with Crippen molar-refractivity contribution in [3.05, 3.63) is 23.4 Å². The van der Waals surface area contributed by atoms with Crippen molar-refractivity contribution >= 4 is 18.0 Å². The van der Waals surface area contributed by atoms with Gasteiger partial charge in [-0.05, 0) is 46.1 Å². The van der Waals surface area contributed by atoms with Crippen LogP contribution in [-0.4, -0.2) is 86.0 Å². The molecule has 1 fully saturated rings. The minimum atomic E-state index is -1.95. The van der Waals surface area contributed by atoms with Gasteiger partial charge in [-0.15, -0.1) is 12.3 Å². The van der Waals surface area contributed by atoms with Gasteiger partial charge in [-0.1, -0.05) is 11.6 Å². The Morgan fingerprint density at radius 1 is 1.14 bits per heavy atom. The summed E-state index contributed by atoms with van der Waals surface area (Å²) in [6.45, 7) is 7.03. The summed E-state index contributed by atoms with van der Waals surface area (Å²) in [5.74, 6) is 0.910. The number of hydrogen-bond donors (Lipinski definition) is 0. The van der Waals surface area contributed by atoms with Gasteiger partial charge in [-0.3, -0.25) is 4.90 Å². The summed E-state index contributed by atoms with van der Waals surface area (Å²) < 4.78 is 22.1. The van der Waals surface area contributed by atoms with Crippen LogP contribution in [0.1, 0.15) is 52.9 Å². The molecule has 1 aliphatic carbocycles. The van der Waals surface area contributed by atoms with Gasteiger partial charge in [0.25, 0.3) is 5.60 Å². The average molecular weight is 491 g/mol. The lowest BCUT2D eigenvalue weighted by Crippen LogP contribution is -2.52. The van der Waals surface area contributed by atoms with Gasteiger partial charge in [-0.25, -0.2) is 14.4 Å². The van der Waals surface area contributed by atoms with E-state index in [0.717, 1.165) is 24.2 Å². The van der Waals surface area contributed by atoms with E-state index < -0.39 is 23.6 Å². The van der Waals surface area contributed by atoms with Crippen LogP contribution in [0.4, 0.5) is 4.79 Å². The molecular formula is C26H38N2O7. The number of carbonyl (C=O) groups excluding carboxylic acids is 3. The largest absolute Gasteiger partial charge is 0.463 e. The fourth-order valence-electron chi connectivity index (χ4n) is 4.01. The van der Waals surface area contributed by atoms with Crippen molar-refractivity contribution in [2.75, 3.05) is 46.6 Å². The SMILES string of the molecule is C#CCCOC(C)COC(CC1=CC=C(N2CCCN(C)C2=O)CC1)(C(=O)OCC)C(=O)OCC. The second kappa shape index (κ2) is 13.9. The summed E-state index contributed by atoms with van der Waals surface area (Å²) >= 11 is 0. The molecule has 0 spiro atoms. The van der Waals surface area contributed by atoms with E-state index in [1.807, 2.05) is 12.2 Å². The minimum Gasteiger partial charge on any atom is -0.463 e. The van der Waals surface area contributed by atoms with Crippen molar-refractivity contribution in [2.45, 2.75) is 64.6 Å². The lowest BCUT2D eigenvalue weighted by Gasteiger charge is -2.36. The van der Waals surface area contributed by atoms with Gasteiger partial charge >= 0.3 is 18.0 Å². The highest BCUT2D eigenvalue weighted by molar-refractivity contribution is 6.04. The maximum atomic E-state index is 13.1. The van der Waals surface area contributed by atoms with Gasteiger partial charge in [0, 0.05) is 38.7 Å². The van der Waals surface area contributed by atoms with E-state index >= 15 is 0 Å². The highest BCUT2D eigenvalue weighted by Crippen LogP contribution is 2.32. The number of terminal acetylenes is 1. The van der Waals surface area contributed by atoms with Crippen LogP contribution in [0.25, 0.3) is 0 Å². The summed E-state index contributed by atoms with van der Waals surface area (Å²) in [6.07, 6.45) is 11.1. The third kappa shape index (κ3) is 7.58. The first kappa shape index (κ1) is 28.4. The molecule has 1 atom stereocenters. The van der Waals surface area contributed by atoms with Gasteiger partial charge in [-0.2, -0.15) is 0 Å². The van der Waals surface area contributed by atoms with Gasteiger partial charge in [0.1, 0.15) is 0 Å². The van der Waals surface area contributed by atoms with Crippen LogP contribution in [0.15, 0.2) is 23.4 Å². The summed E-state index contributed by atoms with van der Waals surface area (Å²) in [6, 6.07) is -0.0195. The van der Waals surface area contributed by atoms with E-state index in [4.69, 9.17) is 25.4 Å². The van der Waals surface area contributed by atoms with E-state index in [1.165, 1.54) is 0 Å². The van der Waals surface area contributed by atoms with Gasteiger partial charge < -0.3 is 23.8 Å². The summed E-state index contributed by atoms with van der Waals surface area (Å²) in [5.41, 5.74) is -0.207. The van der Waals surface area contributed by atoms with Gasteiger partial charge in [0.05, 0.1) is 32.5 Å². The third-order valence-electron chi connectivity index (χ3n) is 5.89. The molecule has 1 aliphatic heterocycles. The van der Waals surface area contributed by atoms with Crippen LogP contribution < -0.4 is 0 Å². The van der Waals surface area contributed by atoms with Crippen LogP contribution in [0, 0.1) is 12.3 Å². The van der Waals surface area contributed by atoms with Crippen LogP contribution in [0.5, 0.6) is 0 Å². The van der Waals surface area contributed by atoms with Crippen LogP contribution in [0.2, 0.25) is 0 Å². The quantitative estimate of drug-likeness (QED) is 0.169. The Morgan fingerprint density at radius 2 is 1.83 bits per heavy atom. The standard InChI is InChI=1S/C26H38N2O7/c1-6-9-17-34-20(4)19-35-26(23(29)32-7-2,24(30)33-8-3)18-21-11-13-22(14-12-21)28-16-10-15-27(5)25(28)31/h1,11,13,20H,7-10,12,14-19H2,2-5H3. The topological polar surface area (TPSA) is 94.6 Å². The molecule has 0 N–H and O–H groups in total. The van der Waals surface area contributed by atoms with Crippen molar-refractivity contribution in [1.82, 2.24) is 9.80 Å².